The molecule has 3 aromatic rings. The van der Waals surface area contributed by atoms with E-state index in [1.807, 2.05) is 61.5 Å². The molecule has 0 amide bonds. The van der Waals surface area contributed by atoms with Crippen LogP contribution in [0.15, 0.2) is 54.6 Å². The molecular formula is C24H26N4O2. The monoisotopic (exact) mass is 402 g/mol. The summed E-state index contributed by atoms with van der Waals surface area (Å²) in [5.74, 6) is 1.87. The predicted molar refractivity (Wildman–Crippen MR) is 119 cm³/mol. The summed E-state index contributed by atoms with van der Waals surface area (Å²) >= 11 is 0. The van der Waals surface area contributed by atoms with E-state index in [1.54, 1.807) is 0 Å². The maximum Gasteiger partial charge on any atom is 0.229 e. The van der Waals surface area contributed by atoms with Crippen molar-refractivity contribution >= 4 is 28.9 Å². The van der Waals surface area contributed by atoms with E-state index in [4.69, 9.17) is 9.72 Å². The molecule has 0 radical (unpaired) electrons. The number of ether oxygens (including phenoxy) is 1. The predicted octanol–water partition coefficient (Wildman–Crippen LogP) is 5.52. The molecule has 0 atom stereocenters. The molecule has 0 unspecified atom stereocenters. The van der Waals surface area contributed by atoms with Crippen LogP contribution in [0.5, 0.6) is 5.75 Å². The van der Waals surface area contributed by atoms with Crippen molar-refractivity contribution in [1.29, 1.82) is 0 Å². The Morgan fingerprint density at radius 1 is 0.933 bits per heavy atom. The first kappa shape index (κ1) is 19.9. The number of para-hydroxylation sites is 1. The zero-order chi connectivity index (χ0) is 21.1. The van der Waals surface area contributed by atoms with Gasteiger partial charge in [-0.3, -0.25) is 4.79 Å². The minimum atomic E-state index is -0.126. The number of fused-ring (bicyclic) bond motifs is 1. The van der Waals surface area contributed by atoms with Crippen LogP contribution in [-0.2, 0) is 6.42 Å². The van der Waals surface area contributed by atoms with Crippen molar-refractivity contribution in [3.05, 3.63) is 65.9 Å². The molecule has 0 spiro atoms. The van der Waals surface area contributed by atoms with Gasteiger partial charge in [-0.05, 0) is 55.2 Å². The second-order valence-corrected chi connectivity index (χ2v) is 8.23. The molecule has 0 saturated heterocycles. The van der Waals surface area contributed by atoms with Crippen molar-refractivity contribution in [2.75, 3.05) is 17.2 Å². The van der Waals surface area contributed by atoms with Gasteiger partial charge in [-0.25, -0.2) is 4.98 Å². The average Bonchev–Trinajstić information content (AvgIpc) is 2.69. The number of carbonyl (C=O) groups is 1. The van der Waals surface area contributed by atoms with Gasteiger partial charge in [-0.1, -0.05) is 32.0 Å². The van der Waals surface area contributed by atoms with Crippen molar-refractivity contribution in [2.24, 2.45) is 5.41 Å². The van der Waals surface area contributed by atoms with Crippen LogP contribution in [0.25, 0.3) is 0 Å². The summed E-state index contributed by atoms with van der Waals surface area (Å²) in [6.07, 6.45) is 1.20. The number of hydrogen-bond acceptors (Lipinski definition) is 6. The summed E-state index contributed by atoms with van der Waals surface area (Å²) in [6.45, 7) is 6.76. The lowest BCUT2D eigenvalue weighted by atomic mass is 9.75. The number of anilines is 4. The number of benzene rings is 2. The molecule has 1 aliphatic rings. The van der Waals surface area contributed by atoms with Crippen LogP contribution in [0.1, 0.15) is 43.2 Å². The van der Waals surface area contributed by atoms with Crippen LogP contribution in [-0.4, -0.2) is 22.4 Å². The average molecular weight is 402 g/mol. The summed E-state index contributed by atoms with van der Waals surface area (Å²) in [5.41, 5.74) is 2.97. The van der Waals surface area contributed by atoms with Crippen LogP contribution in [0, 0.1) is 5.41 Å². The van der Waals surface area contributed by atoms with Gasteiger partial charge < -0.3 is 15.4 Å². The highest BCUT2D eigenvalue weighted by molar-refractivity contribution is 6.03. The van der Waals surface area contributed by atoms with E-state index >= 15 is 0 Å². The summed E-state index contributed by atoms with van der Waals surface area (Å²) in [5, 5.41) is 6.57. The Hall–Kier alpha value is -3.41. The molecule has 4 rings (SSSR count). The highest BCUT2D eigenvalue weighted by Crippen LogP contribution is 2.38. The standard InChI is InChI=1S/C24H26N4O2/c1-4-30-18-12-10-17(11-13-18)25-22-21-19(14-24(2,3)15-20(21)29)27-23(28-22)26-16-8-6-5-7-9-16/h5-13H,4,14-15H2,1-3H3,(H2,25,26,27,28). The highest BCUT2D eigenvalue weighted by Gasteiger charge is 2.35. The smallest absolute Gasteiger partial charge is 0.229 e. The Labute approximate surface area is 176 Å². The summed E-state index contributed by atoms with van der Waals surface area (Å²) in [7, 11) is 0. The van der Waals surface area contributed by atoms with E-state index < -0.39 is 0 Å². The van der Waals surface area contributed by atoms with Gasteiger partial charge in [0.25, 0.3) is 0 Å². The lowest BCUT2D eigenvalue weighted by Crippen LogP contribution is -2.29. The summed E-state index contributed by atoms with van der Waals surface area (Å²) in [4.78, 5) is 22.3. The molecule has 6 heteroatoms. The number of nitrogens with one attached hydrogen (secondary N) is 2. The Morgan fingerprint density at radius 2 is 1.63 bits per heavy atom. The molecule has 154 valence electrons. The molecule has 0 bridgehead atoms. The van der Waals surface area contributed by atoms with E-state index in [-0.39, 0.29) is 11.2 Å². The Kier molecular flexibility index (Phi) is 5.40. The Morgan fingerprint density at radius 3 is 2.33 bits per heavy atom. The molecule has 6 nitrogen and oxygen atoms in total. The molecule has 1 heterocycles. The highest BCUT2D eigenvalue weighted by atomic mass is 16.5. The van der Waals surface area contributed by atoms with Crippen molar-refractivity contribution in [3.63, 3.8) is 0 Å². The topological polar surface area (TPSA) is 76.1 Å². The lowest BCUT2D eigenvalue weighted by Gasteiger charge is -2.30. The fraction of sp³-hybridized carbons (Fsp3) is 0.292. The van der Waals surface area contributed by atoms with Gasteiger partial charge in [0, 0.05) is 17.8 Å². The molecular weight excluding hydrogens is 376 g/mol. The fourth-order valence-corrected chi connectivity index (χ4v) is 3.70. The molecule has 1 aromatic heterocycles. The number of ketones is 1. The number of carbonyl (C=O) groups excluding carboxylic acids is 1. The minimum Gasteiger partial charge on any atom is -0.494 e. The van der Waals surface area contributed by atoms with E-state index in [0.29, 0.717) is 30.4 Å². The van der Waals surface area contributed by atoms with Crippen LogP contribution in [0.3, 0.4) is 0 Å². The maximum atomic E-state index is 13.0. The maximum absolute atomic E-state index is 13.0. The first-order valence-corrected chi connectivity index (χ1v) is 10.2. The molecule has 1 aliphatic carbocycles. The number of hydrogen-bond donors (Lipinski definition) is 2. The third kappa shape index (κ3) is 4.43. The second kappa shape index (κ2) is 8.14. The summed E-state index contributed by atoms with van der Waals surface area (Å²) < 4.78 is 5.51. The third-order valence-electron chi connectivity index (χ3n) is 5.01. The fourth-order valence-electron chi connectivity index (χ4n) is 3.70. The molecule has 2 N–H and O–H groups in total. The van der Waals surface area contributed by atoms with Crippen LogP contribution in [0.4, 0.5) is 23.1 Å². The summed E-state index contributed by atoms with van der Waals surface area (Å²) in [6, 6.07) is 17.4. The van der Waals surface area contributed by atoms with Gasteiger partial charge in [0.2, 0.25) is 5.95 Å². The third-order valence-corrected chi connectivity index (χ3v) is 5.01. The van der Waals surface area contributed by atoms with E-state index in [1.165, 1.54) is 0 Å². The van der Waals surface area contributed by atoms with Gasteiger partial charge in [0.1, 0.15) is 11.6 Å². The molecule has 2 aromatic carbocycles. The first-order valence-electron chi connectivity index (χ1n) is 10.2. The lowest BCUT2D eigenvalue weighted by molar-refractivity contribution is 0.0911. The number of rotatable bonds is 6. The number of aromatic nitrogens is 2. The molecule has 30 heavy (non-hydrogen) atoms. The van der Waals surface area contributed by atoms with Crippen molar-refractivity contribution < 1.29 is 9.53 Å². The van der Waals surface area contributed by atoms with Crippen LogP contribution in [0.2, 0.25) is 0 Å². The Balaban J connectivity index is 1.71. The minimum absolute atomic E-state index is 0.0703. The SMILES string of the molecule is CCOc1ccc(Nc2nc(Nc3ccccc3)nc3c2C(=O)CC(C)(C)C3)cc1. The van der Waals surface area contributed by atoms with Gasteiger partial charge in [-0.15, -0.1) is 0 Å². The van der Waals surface area contributed by atoms with E-state index in [2.05, 4.69) is 29.5 Å². The normalized spacial score (nSPS) is 14.7. The van der Waals surface area contributed by atoms with Crippen LogP contribution >= 0.6 is 0 Å². The van der Waals surface area contributed by atoms with Gasteiger partial charge in [0.05, 0.1) is 17.9 Å². The molecule has 0 fully saturated rings. The van der Waals surface area contributed by atoms with Gasteiger partial charge in [0.15, 0.2) is 5.78 Å². The zero-order valence-electron chi connectivity index (χ0n) is 17.5. The zero-order valence-corrected chi connectivity index (χ0v) is 17.5. The first-order chi connectivity index (χ1) is 14.4. The Bertz CT molecular complexity index is 1050. The quantitative estimate of drug-likeness (QED) is 0.566. The van der Waals surface area contributed by atoms with Crippen molar-refractivity contribution in [3.8, 4) is 5.75 Å². The second-order valence-electron chi connectivity index (χ2n) is 8.23. The largest absolute Gasteiger partial charge is 0.494 e. The molecule has 0 aliphatic heterocycles. The molecule has 0 saturated carbocycles. The number of Topliss-reactive ketones (excluding diaryl/α,β-unsaturated/α-hetero) is 1. The number of nitrogens with zero attached hydrogens (tertiary/aromatic N) is 2. The van der Waals surface area contributed by atoms with Gasteiger partial charge in [-0.2, -0.15) is 4.98 Å². The van der Waals surface area contributed by atoms with Crippen LogP contribution < -0.4 is 15.4 Å². The van der Waals surface area contributed by atoms with E-state index in [9.17, 15) is 4.79 Å². The van der Waals surface area contributed by atoms with Crippen molar-refractivity contribution in [2.45, 2.75) is 33.6 Å². The van der Waals surface area contributed by atoms with Crippen molar-refractivity contribution in [1.82, 2.24) is 9.97 Å². The van der Waals surface area contributed by atoms with Gasteiger partial charge >= 0.3 is 0 Å². The van der Waals surface area contributed by atoms with E-state index in [0.717, 1.165) is 29.2 Å².